The fourth-order valence-corrected chi connectivity index (χ4v) is 2.16. The van der Waals surface area contributed by atoms with Crippen LogP contribution in [0.5, 0.6) is 0 Å². The first-order valence-electron chi connectivity index (χ1n) is 5.60. The Labute approximate surface area is 90.5 Å². The van der Waals surface area contributed by atoms with E-state index in [1.165, 1.54) is 12.8 Å². The van der Waals surface area contributed by atoms with Gasteiger partial charge in [-0.1, -0.05) is 6.92 Å². The van der Waals surface area contributed by atoms with Crippen LogP contribution in [0.1, 0.15) is 32.6 Å². The number of nitrogens with two attached hydrogens (primary N) is 1. The smallest absolute Gasteiger partial charge is 0.226 e. The van der Waals surface area contributed by atoms with Crippen LogP contribution in [0, 0.1) is 0 Å². The van der Waals surface area contributed by atoms with Gasteiger partial charge in [0, 0.05) is 18.9 Å². The molecule has 1 unspecified atom stereocenters. The van der Waals surface area contributed by atoms with Gasteiger partial charge < -0.3 is 10.6 Å². The molecule has 0 radical (unpaired) electrons. The molecule has 0 spiro atoms. The quantitative estimate of drug-likeness (QED) is 0.797. The Morgan fingerprint density at radius 2 is 2.13 bits per heavy atom. The molecule has 1 atom stereocenters. The summed E-state index contributed by atoms with van der Waals surface area (Å²) in [7, 11) is 0. The highest BCUT2D eigenvalue weighted by atomic mass is 15.3. The lowest BCUT2D eigenvalue weighted by Crippen LogP contribution is -2.59. The van der Waals surface area contributed by atoms with E-state index in [0.29, 0.717) is 0 Å². The second-order valence-corrected chi connectivity index (χ2v) is 4.11. The van der Waals surface area contributed by atoms with Crippen molar-refractivity contribution in [2.75, 3.05) is 11.4 Å². The van der Waals surface area contributed by atoms with Crippen molar-refractivity contribution in [2.24, 2.45) is 5.73 Å². The third-order valence-electron chi connectivity index (χ3n) is 3.18. The molecule has 15 heavy (non-hydrogen) atoms. The molecule has 2 rings (SSSR count). The van der Waals surface area contributed by atoms with E-state index >= 15 is 0 Å². The van der Waals surface area contributed by atoms with Crippen molar-refractivity contribution in [3.63, 3.8) is 0 Å². The Morgan fingerprint density at radius 3 is 2.80 bits per heavy atom. The Bertz CT molecular complexity index is 314. The minimum Gasteiger partial charge on any atom is -0.323 e. The van der Waals surface area contributed by atoms with Crippen LogP contribution in [0.2, 0.25) is 0 Å². The number of aromatic nitrogens is 2. The van der Waals surface area contributed by atoms with Crippen molar-refractivity contribution in [1.29, 1.82) is 0 Å². The summed E-state index contributed by atoms with van der Waals surface area (Å²) in [6, 6.07) is 1.83. The van der Waals surface area contributed by atoms with E-state index < -0.39 is 0 Å². The van der Waals surface area contributed by atoms with E-state index in [0.717, 1.165) is 25.3 Å². The lowest BCUT2D eigenvalue weighted by molar-refractivity contribution is 0.302. The van der Waals surface area contributed by atoms with E-state index in [4.69, 9.17) is 5.73 Å². The molecule has 1 aromatic heterocycles. The molecule has 2 N–H and O–H groups in total. The van der Waals surface area contributed by atoms with Crippen molar-refractivity contribution in [2.45, 2.75) is 38.3 Å². The summed E-state index contributed by atoms with van der Waals surface area (Å²) < 4.78 is 0. The van der Waals surface area contributed by atoms with Gasteiger partial charge in [0.1, 0.15) is 0 Å². The van der Waals surface area contributed by atoms with Crippen LogP contribution in [0.3, 0.4) is 0 Å². The van der Waals surface area contributed by atoms with Crippen LogP contribution in [0.25, 0.3) is 0 Å². The molecule has 1 aliphatic heterocycles. The molecule has 1 aliphatic rings. The maximum Gasteiger partial charge on any atom is 0.226 e. The van der Waals surface area contributed by atoms with Crippen LogP contribution in [-0.4, -0.2) is 22.2 Å². The fraction of sp³-hybridized carbons (Fsp3) is 0.636. The third-order valence-corrected chi connectivity index (χ3v) is 3.18. The zero-order chi connectivity index (χ0) is 10.7. The van der Waals surface area contributed by atoms with E-state index in [1.54, 1.807) is 12.4 Å². The summed E-state index contributed by atoms with van der Waals surface area (Å²) >= 11 is 0. The number of rotatable bonds is 2. The fourth-order valence-electron chi connectivity index (χ4n) is 2.16. The van der Waals surface area contributed by atoms with Crippen LogP contribution >= 0.6 is 0 Å². The summed E-state index contributed by atoms with van der Waals surface area (Å²) in [5, 5.41) is 0. The van der Waals surface area contributed by atoms with Gasteiger partial charge in [0.25, 0.3) is 0 Å². The van der Waals surface area contributed by atoms with Gasteiger partial charge in [-0.15, -0.1) is 0 Å². The molecule has 0 aromatic carbocycles. The number of anilines is 1. The summed E-state index contributed by atoms with van der Waals surface area (Å²) in [5.41, 5.74) is 6.13. The Balaban J connectivity index is 2.26. The highest BCUT2D eigenvalue weighted by Crippen LogP contribution is 2.28. The molecule has 82 valence electrons. The largest absolute Gasteiger partial charge is 0.323 e. The number of piperidine rings is 1. The first-order chi connectivity index (χ1) is 7.26. The lowest BCUT2D eigenvalue weighted by Gasteiger charge is -2.44. The topological polar surface area (TPSA) is 55.0 Å². The second kappa shape index (κ2) is 4.14. The highest BCUT2D eigenvalue weighted by molar-refractivity contribution is 5.34. The molecule has 4 nitrogen and oxygen atoms in total. The standard InChI is InChI=1S/C11H18N4/c1-2-11(12)6-3-4-9-15(11)10-13-7-5-8-14-10/h5,7-8H,2-4,6,9,12H2,1H3. The summed E-state index contributed by atoms with van der Waals surface area (Å²) in [6.07, 6.45) is 7.89. The molecule has 0 aliphatic carbocycles. The highest BCUT2D eigenvalue weighted by Gasteiger charge is 2.34. The van der Waals surface area contributed by atoms with Crippen LogP contribution < -0.4 is 10.6 Å². The Morgan fingerprint density at radius 1 is 1.40 bits per heavy atom. The molecule has 2 heterocycles. The minimum atomic E-state index is -0.250. The Hall–Kier alpha value is -1.16. The normalized spacial score (nSPS) is 26.7. The van der Waals surface area contributed by atoms with E-state index in [9.17, 15) is 0 Å². The number of hydrogen-bond acceptors (Lipinski definition) is 4. The first-order valence-corrected chi connectivity index (χ1v) is 5.60. The zero-order valence-electron chi connectivity index (χ0n) is 9.19. The van der Waals surface area contributed by atoms with Crippen LogP contribution in [0.15, 0.2) is 18.5 Å². The second-order valence-electron chi connectivity index (χ2n) is 4.11. The maximum absolute atomic E-state index is 6.38. The van der Waals surface area contributed by atoms with Crippen molar-refractivity contribution in [3.05, 3.63) is 18.5 Å². The molecule has 1 fully saturated rings. The van der Waals surface area contributed by atoms with Gasteiger partial charge in [-0.05, 0) is 31.7 Å². The van der Waals surface area contributed by atoms with Crippen LogP contribution in [-0.2, 0) is 0 Å². The average Bonchev–Trinajstić information content (AvgIpc) is 2.31. The monoisotopic (exact) mass is 206 g/mol. The molecule has 0 amide bonds. The predicted octanol–water partition coefficient (Wildman–Crippen LogP) is 1.53. The van der Waals surface area contributed by atoms with Gasteiger partial charge in [0.15, 0.2) is 0 Å². The minimum absolute atomic E-state index is 0.250. The number of hydrogen-bond donors (Lipinski definition) is 1. The summed E-state index contributed by atoms with van der Waals surface area (Å²) in [6.45, 7) is 3.09. The van der Waals surface area contributed by atoms with Gasteiger partial charge in [-0.2, -0.15) is 0 Å². The van der Waals surface area contributed by atoms with E-state index in [2.05, 4.69) is 21.8 Å². The molecule has 4 heteroatoms. The predicted molar refractivity (Wildman–Crippen MR) is 60.4 cm³/mol. The van der Waals surface area contributed by atoms with E-state index in [1.807, 2.05) is 6.07 Å². The van der Waals surface area contributed by atoms with Crippen LogP contribution in [0.4, 0.5) is 5.95 Å². The van der Waals surface area contributed by atoms with Crippen molar-refractivity contribution >= 4 is 5.95 Å². The molecule has 0 bridgehead atoms. The zero-order valence-corrected chi connectivity index (χ0v) is 9.19. The SMILES string of the molecule is CCC1(N)CCCCN1c1ncccn1. The average molecular weight is 206 g/mol. The molecule has 1 saturated heterocycles. The van der Waals surface area contributed by atoms with Gasteiger partial charge in [0.05, 0.1) is 5.66 Å². The molecular weight excluding hydrogens is 188 g/mol. The van der Waals surface area contributed by atoms with Gasteiger partial charge in [-0.25, -0.2) is 9.97 Å². The van der Waals surface area contributed by atoms with Crippen molar-refractivity contribution in [1.82, 2.24) is 9.97 Å². The summed E-state index contributed by atoms with van der Waals surface area (Å²) in [5.74, 6) is 0.765. The maximum atomic E-state index is 6.38. The van der Waals surface area contributed by atoms with Gasteiger partial charge in [-0.3, -0.25) is 0 Å². The van der Waals surface area contributed by atoms with E-state index in [-0.39, 0.29) is 5.66 Å². The number of nitrogens with zero attached hydrogens (tertiary/aromatic N) is 3. The third kappa shape index (κ3) is 1.95. The lowest BCUT2D eigenvalue weighted by atomic mass is 9.94. The first kappa shape index (κ1) is 10.4. The van der Waals surface area contributed by atoms with Gasteiger partial charge >= 0.3 is 0 Å². The van der Waals surface area contributed by atoms with Gasteiger partial charge in [0.2, 0.25) is 5.95 Å². The van der Waals surface area contributed by atoms with Crippen molar-refractivity contribution < 1.29 is 0 Å². The van der Waals surface area contributed by atoms with Crippen molar-refractivity contribution in [3.8, 4) is 0 Å². The molecule has 1 aromatic rings. The molecular formula is C11H18N4. The Kier molecular flexibility index (Phi) is 2.86. The summed E-state index contributed by atoms with van der Waals surface area (Å²) in [4.78, 5) is 10.7. The molecule has 0 saturated carbocycles.